The van der Waals surface area contributed by atoms with Crippen LogP contribution >= 0.6 is 0 Å². The van der Waals surface area contributed by atoms with Crippen molar-refractivity contribution in [3.8, 4) is 17.1 Å². The lowest BCUT2D eigenvalue weighted by Crippen LogP contribution is -2.15. The Kier molecular flexibility index (Phi) is 5.81. The number of benzene rings is 1. The number of hydrogen-bond donors (Lipinski definition) is 1. The Balaban J connectivity index is 2.34. The van der Waals surface area contributed by atoms with Crippen molar-refractivity contribution in [1.29, 1.82) is 0 Å². The summed E-state index contributed by atoms with van der Waals surface area (Å²) in [6.45, 7) is 7.19. The van der Waals surface area contributed by atoms with E-state index in [1.165, 1.54) is 11.1 Å². The summed E-state index contributed by atoms with van der Waals surface area (Å²) in [6.07, 6.45) is 6.15. The molecule has 4 nitrogen and oxygen atoms in total. The van der Waals surface area contributed by atoms with Crippen LogP contribution in [0.4, 0.5) is 0 Å². The van der Waals surface area contributed by atoms with E-state index in [0.29, 0.717) is 0 Å². The second-order valence-corrected chi connectivity index (χ2v) is 5.14. The molecule has 0 unspecified atom stereocenters. The highest BCUT2D eigenvalue weighted by atomic mass is 16.5. The minimum absolute atomic E-state index is 0.833. The van der Waals surface area contributed by atoms with Gasteiger partial charge in [-0.2, -0.15) is 0 Å². The van der Waals surface area contributed by atoms with Crippen molar-refractivity contribution in [3.63, 3.8) is 0 Å². The third-order valence-corrected chi connectivity index (χ3v) is 3.48. The molecule has 1 aromatic carbocycles. The van der Waals surface area contributed by atoms with Gasteiger partial charge in [0.25, 0.3) is 0 Å². The average Bonchev–Trinajstić information content (AvgIpc) is 2.96. The fraction of sp³-hybridized carbons (Fsp3) is 0.471. The van der Waals surface area contributed by atoms with Gasteiger partial charge in [-0.1, -0.05) is 13.8 Å². The largest absolute Gasteiger partial charge is 0.497 e. The van der Waals surface area contributed by atoms with Crippen LogP contribution in [0.15, 0.2) is 30.6 Å². The van der Waals surface area contributed by atoms with E-state index in [2.05, 4.69) is 40.8 Å². The van der Waals surface area contributed by atoms with E-state index < -0.39 is 0 Å². The molecule has 0 aliphatic carbocycles. The lowest BCUT2D eigenvalue weighted by molar-refractivity contribution is 0.414. The van der Waals surface area contributed by atoms with Crippen molar-refractivity contribution in [2.75, 3.05) is 13.7 Å². The number of rotatable bonds is 8. The third kappa shape index (κ3) is 3.85. The Hall–Kier alpha value is -1.81. The Bertz CT molecular complexity index is 563. The van der Waals surface area contributed by atoms with Crippen LogP contribution in [0.3, 0.4) is 0 Å². The first-order valence-electron chi connectivity index (χ1n) is 7.69. The second-order valence-electron chi connectivity index (χ2n) is 5.14. The summed E-state index contributed by atoms with van der Waals surface area (Å²) < 4.78 is 7.57. The van der Waals surface area contributed by atoms with Gasteiger partial charge in [0, 0.05) is 31.0 Å². The first kappa shape index (κ1) is 15.6. The molecule has 0 radical (unpaired) electrons. The van der Waals surface area contributed by atoms with E-state index in [0.717, 1.165) is 44.0 Å². The van der Waals surface area contributed by atoms with Crippen LogP contribution in [-0.2, 0) is 13.1 Å². The van der Waals surface area contributed by atoms with Gasteiger partial charge in [0.2, 0.25) is 0 Å². The summed E-state index contributed by atoms with van der Waals surface area (Å²) in [5.41, 5.74) is 2.41. The van der Waals surface area contributed by atoms with E-state index in [1.807, 2.05) is 18.5 Å². The van der Waals surface area contributed by atoms with Gasteiger partial charge in [0.15, 0.2) is 0 Å². The Labute approximate surface area is 127 Å². The highest BCUT2D eigenvalue weighted by molar-refractivity contribution is 5.62. The zero-order chi connectivity index (χ0) is 15.1. The van der Waals surface area contributed by atoms with Crippen molar-refractivity contribution >= 4 is 0 Å². The van der Waals surface area contributed by atoms with Gasteiger partial charge in [-0.15, -0.1) is 0 Å². The molecular weight excluding hydrogens is 262 g/mol. The van der Waals surface area contributed by atoms with Crippen molar-refractivity contribution in [3.05, 3.63) is 36.2 Å². The highest BCUT2D eigenvalue weighted by Gasteiger charge is 2.11. The molecule has 0 aliphatic rings. The van der Waals surface area contributed by atoms with Crippen LogP contribution in [0, 0.1) is 0 Å². The van der Waals surface area contributed by atoms with Crippen LogP contribution in [0.5, 0.6) is 5.75 Å². The standard InChI is InChI=1S/C17H25N3O/c1-4-8-18-13-14-12-15(21-3)6-7-16(14)17-19-9-11-20(17)10-5-2/h6-7,9,11-12,18H,4-5,8,10,13H2,1-3H3. The first-order valence-corrected chi connectivity index (χ1v) is 7.69. The van der Waals surface area contributed by atoms with E-state index in [1.54, 1.807) is 7.11 Å². The van der Waals surface area contributed by atoms with Crippen molar-refractivity contribution in [2.45, 2.75) is 39.8 Å². The van der Waals surface area contributed by atoms with E-state index in [9.17, 15) is 0 Å². The maximum atomic E-state index is 5.36. The van der Waals surface area contributed by atoms with Gasteiger partial charge in [0.1, 0.15) is 11.6 Å². The molecule has 0 saturated heterocycles. The monoisotopic (exact) mass is 287 g/mol. The van der Waals surface area contributed by atoms with Crippen LogP contribution in [-0.4, -0.2) is 23.2 Å². The molecule has 1 aromatic heterocycles. The van der Waals surface area contributed by atoms with Crippen molar-refractivity contribution in [1.82, 2.24) is 14.9 Å². The second kappa shape index (κ2) is 7.84. The molecule has 0 spiro atoms. The first-order chi connectivity index (χ1) is 10.3. The van der Waals surface area contributed by atoms with Crippen LogP contribution in [0.25, 0.3) is 11.4 Å². The minimum atomic E-state index is 0.833. The predicted molar refractivity (Wildman–Crippen MR) is 86.5 cm³/mol. The maximum absolute atomic E-state index is 5.36. The predicted octanol–water partition coefficient (Wildman–Crippen LogP) is 3.47. The topological polar surface area (TPSA) is 39.1 Å². The summed E-state index contributed by atoms with van der Waals surface area (Å²) in [6, 6.07) is 6.21. The zero-order valence-corrected chi connectivity index (χ0v) is 13.2. The lowest BCUT2D eigenvalue weighted by Gasteiger charge is -2.13. The number of aromatic nitrogens is 2. The molecule has 0 saturated carbocycles. The molecule has 114 valence electrons. The number of ether oxygens (including phenoxy) is 1. The zero-order valence-electron chi connectivity index (χ0n) is 13.2. The lowest BCUT2D eigenvalue weighted by atomic mass is 10.1. The minimum Gasteiger partial charge on any atom is -0.497 e. The number of nitrogens with zero attached hydrogens (tertiary/aromatic N) is 2. The van der Waals surface area contributed by atoms with Gasteiger partial charge < -0.3 is 14.6 Å². The number of hydrogen-bond acceptors (Lipinski definition) is 3. The summed E-state index contributed by atoms with van der Waals surface area (Å²) >= 11 is 0. The van der Waals surface area contributed by atoms with Gasteiger partial charge in [0.05, 0.1) is 7.11 Å². The Morgan fingerprint density at radius 2 is 2.10 bits per heavy atom. The van der Waals surface area contributed by atoms with Gasteiger partial charge in [-0.25, -0.2) is 4.98 Å². The molecule has 1 N–H and O–H groups in total. The van der Waals surface area contributed by atoms with E-state index >= 15 is 0 Å². The SMILES string of the molecule is CCCNCc1cc(OC)ccc1-c1nccn1CCC. The number of imidazole rings is 1. The average molecular weight is 287 g/mol. The van der Waals surface area contributed by atoms with Gasteiger partial charge >= 0.3 is 0 Å². The van der Waals surface area contributed by atoms with E-state index in [-0.39, 0.29) is 0 Å². The third-order valence-electron chi connectivity index (χ3n) is 3.48. The number of methoxy groups -OCH3 is 1. The Morgan fingerprint density at radius 1 is 1.24 bits per heavy atom. The molecular formula is C17H25N3O. The summed E-state index contributed by atoms with van der Waals surface area (Å²) in [7, 11) is 1.70. The molecule has 0 atom stereocenters. The van der Waals surface area contributed by atoms with E-state index in [4.69, 9.17) is 4.74 Å². The molecule has 1 heterocycles. The van der Waals surface area contributed by atoms with Crippen LogP contribution in [0.2, 0.25) is 0 Å². The molecule has 0 aliphatic heterocycles. The number of aryl methyl sites for hydroxylation is 1. The molecule has 4 heteroatoms. The number of nitrogens with one attached hydrogen (secondary N) is 1. The van der Waals surface area contributed by atoms with Crippen LogP contribution in [0.1, 0.15) is 32.3 Å². The molecule has 0 bridgehead atoms. The van der Waals surface area contributed by atoms with Crippen molar-refractivity contribution < 1.29 is 4.74 Å². The van der Waals surface area contributed by atoms with Crippen molar-refractivity contribution in [2.24, 2.45) is 0 Å². The summed E-state index contributed by atoms with van der Waals surface area (Å²) in [5.74, 6) is 1.92. The summed E-state index contributed by atoms with van der Waals surface area (Å²) in [5, 5.41) is 3.46. The Morgan fingerprint density at radius 3 is 2.81 bits per heavy atom. The molecule has 21 heavy (non-hydrogen) atoms. The molecule has 2 aromatic rings. The van der Waals surface area contributed by atoms with Gasteiger partial charge in [-0.05, 0) is 43.1 Å². The highest BCUT2D eigenvalue weighted by Crippen LogP contribution is 2.26. The smallest absolute Gasteiger partial charge is 0.140 e. The fourth-order valence-corrected chi connectivity index (χ4v) is 2.44. The molecule has 0 fully saturated rings. The summed E-state index contributed by atoms with van der Waals surface area (Å²) in [4.78, 5) is 4.54. The van der Waals surface area contributed by atoms with Gasteiger partial charge in [-0.3, -0.25) is 0 Å². The fourth-order valence-electron chi connectivity index (χ4n) is 2.44. The molecule has 2 rings (SSSR count). The normalized spacial score (nSPS) is 10.8. The maximum Gasteiger partial charge on any atom is 0.140 e. The quantitative estimate of drug-likeness (QED) is 0.756. The van der Waals surface area contributed by atoms with Crippen LogP contribution < -0.4 is 10.1 Å². The molecule has 0 amide bonds.